The fourth-order valence-electron chi connectivity index (χ4n) is 3.40. The summed E-state index contributed by atoms with van der Waals surface area (Å²) in [5.41, 5.74) is 1.09. The molecule has 1 heterocycles. The van der Waals surface area contributed by atoms with Crippen molar-refractivity contribution >= 4 is 40.6 Å². The SMILES string of the molecule is CCOc1cc(/C=C2\SC(=O)N(CCOc3ccc(Cl)cc3)C2=O)ccc1OCc1ccccc1F. The van der Waals surface area contributed by atoms with Gasteiger partial charge in [0, 0.05) is 10.6 Å². The number of amides is 2. The Morgan fingerprint density at radius 1 is 0.972 bits per heavy atom. The molecule has 1 aliphatic heterocycles. The predicted molar refractivity (Wildman–Crippen MR) is 138 cm³/mol. The monoisotopic (exact) mass is 527 g/mol. The third-order valence-corrected chi connectivity index (χ3v) is 6.34. The first-order valence-corrected chi connectivity index (χ1v) is 12.4. The zero-order valence-electron chi connectivity index (χ0n) is 19.4. The minimum Gasteiger partial charge on any atom is -0.492 e. The molecule has 2 amide bonds. The molecule has 3 aromatic carbocycles. The van der Waals surface area contributed by atoms with Crippen LogP contribution in [0.4, 0.5) is 9.18 Å². The van der Waals surface area contributed by atoms with Gasteiger partial charge >= 0.3 is 0 Å². The van der Waals surface area contributed by atoms with E-state index < -0.39 is 0 Å². The summed E-state index contributed by atoms with van der Waals surface area (Å²) in [7, 11) is 0. The van der Waals surface area contributed by atoms with Crippen molar-refractivity contribution in [2.24, 2.45) is 0 Å². The topological polar surface area (TPSA) is 65.1 Å². The van der Waals surface area contributed by atoms with Gasteiger partial charge in [-0.05, 0) is 72.8 Å². The van der Waals surface area contributed by atoms with Crippen molar-refractivity contribution in [3.05, 3.63) is 93.6 Å². The molecule has 186 valence electrons. The normalized spacial score (nSPS) is 14.4. The highest BCUT2D eigenvalue weighted by Gasteiger charge is 2.34. The quantitative estimate of drug-likeness (QED) is 0.278. The summed E-state index contributed by atoms with van der Waals surface area (Å²) >= 11 is 6.73. The lowest BCUT2D eigenvalue weighted by Crippen LogP contribution is -2.32. The maximum absolute atomic E-state index is 13.9. The average molecular weight is 528 g/mol. The van der Waals surface area contributed by atoms with Crippen LogP contribution in [0.25, 0.3) is 6.08 Å². The van der Waals surface area contributed by atoms with Crippen LogP contribution in [-0.4, -0.2) is 35.8 Å². The Balaban J connectivity index is 1.42. The molecule has 0 atom stereocenters. The molecular formula is C27H23ClFNO5S. The van der Waals surface area contributed by atoms with Gasteiger partial charge in [-0.2, -0.15) is 0 Å². The molecule has 1 aliphatic rings. The summed E-state index contributed by atoms with van der Waals surface area (Å²) in [4.78, 5) is 26.7. The fraction of sp³-hybridized carbons (Fsp3) is 0.185. The number of carbonyl (C=O) groups is 2. The molecule has 1 saturated heterocycles. The van der Waals surface area contributed by atoms with E-state index in [9.17, 15) is 14.0 Å². The number of benzene rings is 3. The molecule has 0 saturated carbocycles. The highest BCUT2D eigenvalue weighted by atomic mass is 35.5. The number of nitrogens with zero attached hydrogens (tertiary/aromatic N) is 1. The molecule has 0 aliphatic carbocycles. The molecule has 0 bridgehead atoms. The lowest BCUT2D eigenvalue weighted by atomic mass is 10.1. The zero-order valence-corrected chi connectivity index (χ0v) is 21.0. The van der Waals surface area contributed by atoms with Crippen LogP contribution in [0.15, 0.2) is 71.6 Å². The van der Waals surface area contributed by atoms with Crippen LogP contribution in [0.5, 0.6) is 17.2 Å². The zero-order chi connectivity index (χ0) is 25.5. The summed E-state index contributed by atoms with van der Waals surface area (Å²) in [5, 5.41) is 0.233. The van der Waals surface area contributed by atoms with Crippen LogP contribution in [0.3, 0.4) is 0 Å². The van der Waals surface area contributed by atoms with Gasteiger partial charge in [-0.1, -0.05) is 35.9 Å². The van der Waals surface area contributed by atoms with Crippen molar-refractivity contribution in [1.82, 2.24) is 4.90 Å². The minimum absolute atomic E-state index is 0.0447. The molecule has 9 heteroatoms. The van der Waals surface area contributed by atoms with Crippen LogP contribution in [0.1, 0.15) is 18.1 Å². The molecule has 0 radical (unpaired) electrons. The Morgan fingerprint density at radius 3 is 2.50 bits per heavy atom. The number of imide groups is 1. The van der Waals surface area contributed by atoms with E-state index in [0.29, 0.717) is 44.9 Å². The second-order valence-electron chi connectivity index (χ2n) is 7.66. The molecule has 0 aromatic heterocycles. The number of carbonyl (C=O) groups excluding carboxylic acids is 2. The lowest BCUT2D eigenvalue weighted by Gasteiger charge is -2.14. The van der Waals surface area contributed by atoms with Gasteiger partial charge in [-0.3, -0.25) is 14.5 Å². The van der Waals surface area contributed by atoms with Crippen LogP contribution in [0, 0.1) is 5.82 Å². The van der Waals surface area contributed by atoms with E-state index in [2.05, 4.69) is 0 Å². The minimum atomic E-state index is -0.387. The largest absolute Gasteiger partial charge is 0.492 e. The van der Waals surface area contributed by atoms with Crippen molar-refractivity contribution < 1.29 is 28.2 Å². The fourth-order valence-corrected chi connectivity index (χ4v) is 4.39. The molecule has 36 heavy (non-hydrogen) atoms. The number of ether oxygens (including phenoxy) is 3. The van der Waals surface area contributed by atoms with E-state index in [1.165, 1.54) is 6.07 Å². The Kier molecular flexibility index (Phi) is 8.51. The number of halogens is 2. The van der Waals surface area contributed by atoms with Gasteiger partial charge < -0.3 is 14.2 Å². The standard InChI is InChI=1S/C27H23ClFNO5S/c1-2-33-24-15-18(7-12-23(24)35-17-19-5-3-4-6-22(19)29)16-25-26(31)30(27(32)36-25)13-14-34-21-10-8-20(28)9-11-21/h3-12,15-16H,2,13-14,17H2,1H3/b25-16-. The molecule has 4 rings (SSSR count). The van der Waals surface area contributed by atoms with E-state index in [1.807, 2.05) is 6.92 Å². The molecule has 1 fully saturated rings. The number of thioether (sulfide) groups is 1. The smallest absolute Gasteiger partial charge is 0.293 e. The van der Waals surface area contributed by atoms with E-state index in [4.69, 9.17) is 25.8 Å². The van der Waals surface area contributed by atoms with Crippen molar-refractivity contribution in [2.75, 3.05) is 19.8 Å². The highest BCUT2D eigenvalue weighted by Crippen LogP contribution is 2.35. The molecular weight excluding hydrogens is 505 g/mol. The second kappa shape index (κ2) is 12.0. The summed E-state index contributed by atoms with van der Waals surface area (Å²) in [5.74, 6) is 0.773. The first-order valence-electron chi connectivity index (χ1n) is 11.2. The third-order valence-electron chi connectivity index (χ3n) is 5.18. The Labute approximate surface area is 217 Å². The lowest BCUT2D eigenvalue weighted by molar-refractivity contribution is -0.123. The summed E-state index contributed by atoms with van der Waals surface area (Å²) in [6.07, 6.45) is 1.63. The number of hydrogen-bond acceptors (Lipinski definition) is 6. The Bertz CT molecular complexity index is 1280. The Hall–Kier alpha value is -3.49. The maximum Gasteiger partial charge on any atom is 0.293 e. The van der Waals surface area contributed by atoms with Crippen LogP contribution >= 0.6 is 23.4 Å². The Morgan fingerprint density at radius 2 is 1.75 bits per heavy atom. The molecule has 0 unspecified atom stereocenters. The molecule has 3 aromatic rings. The first kappa shape index (κ1) is 25.6. The van der Waals surface area contributed by atoms with Crippen molar-refractivity contribution in [3.8, 4) is 17.2 Å². The van der Waals surface area contributed by atoms with E-state index in [1.54, 1.807) is 66.7 Å². The first-order chi connectivity index (χ1) is 17.4. The van der Waals surface area contributed by atoms with E-state index in [-0.39, 0.29) is 36.7 Å². The van der Waals surface area contributed by atoms with Crippen molar-refractivity contribution in [2.45, 2.75) is 13.5 Å². The van der Waals surface area contributed by atoms with Crippen LogP contribution in [-0.2, 0) is 11.4 Å². The predicted octanol–water partition coefficient (Wildman–Crippen LogP) is 6.57. The van der Waals surface area contributed by atoms with Crippen LogP contribution < -0.4 is 14.2 Å². The molecule has 6 nitrogen and oxygen atoms in total. The van der Waals surface area contributed by atoms with Gasteiger partial charge in [0.25, 0.3) is 11.1 Å². The van der Waals surface area contributed by atoms with Gasteiger partial charge in [0.15, 0.2) is 11.5 Å². The summed E-state index contributed by atoms with van der Waals surface area (Å²) in [6, 6.07) is 18.4. The average Bonchev–Trinajstić information content (AvgIpc) is 3.13. The second-order valence-corrected chi connectivity index (χ2v) is 9.08. The van der Waals surface area contributed by atoms with Gasteiger partial charge in [-0.25, -0.2) is 4.39 Å². The summed E-state index contributed by atoms with van der Waals surface area (Å²) in [6.45, 7) is 2.56. The number of rotatable bonds is 10. The molecule has 0 N–H and O–H groups in total. The third kappa shape index (κ3) is 6.38. The van der Waals surface area contributed by atoms with Crippen molar-refractivity contribution in [1.29, 1.82) is 0 Å². The van der Waals surface area contributed by atoms with Gasteiger partial charge in [0.05, 0.1) is 18.1 Å². The van der Waals surface area contributed by atoms with Gasteiger partial charge in [0.2, 0.25) is 0 Å². The van der Waals surface area contributed by atoms with Crippen molar-refractivity contribution in [3.63, 3.8) is 0 Å². The highest BCUT2D eigenvalue weighted by molar-refractivity contribution is 8.18. The van der Waals surface area contributed by atoms with E-state index in [0.717, 1.165) is 16.7 Å². The van der Waals surface area contributed by atoms with E-state index >= 15 is 0 Å². The van der Waals surface area contributed by atoms with Crippen LogP contribution in [0.2, 0.25) is 5.02 Å². The van der Waals surface area contributed by atoms with Gasteiger partial charge in [-0.15, -0.1) is 0 Å². The summed E-state index contributed by atoms with van der Waals surface area (Å²) < 4.78 is 31.0. The van der Waals surface area contributed by atoms with Gasteiger partial charge in [0.1, 0.15) is 24.8 Å². The molecule has 0 spiro atoms. The maximum atomic E-state index is 13.9. The number of hydrogen-bond donors (Lipinski definition) is 0.